The van der Waals surface area contributed by atoms with Crippen LogP contribution in [0.5, 0.6) is 0 Å². The number of hydrogen-bond acceptors (Lipinski definition) is 2. The first kappa shape index (κ1) is 10.5. The second-order valence-corrected chi connectivity index (χ2v) is 5.21. The normalized spacial score (nSPS) is 11.2. The monoisotopic (exact) mass is 246 g/mol. The molecule has 0 radical (unpaired) electrons. The Kier molecular flexibility index (Phi) is 2.26. The van der Waals surface area contributed by atoms with Gasteiger partial charge in [0, 0.05) is 22.3 Å². The molecule has 0 saturated carbocycles. The van der Waals surface area contributed by atoms with Crippen LogP contribution >= 0.6 is 11.3 Å². The summed E-state index contributed by atoms with van der Waals surface area (Å²) in [6.07, 6.45) is 2.00. The van der Waals surface area contributed by atoms with Crippen molar-refractivity contribution in [1.29, 1.82) is 0 Å². The zero-order chi connectivity index (χ0) is 12.0. The molecule has 0 unspecified atom stereocenters. The van der Waals surface area contributed by atoms with E-state index >= 15 is 0 Å². The van der Waals surface area contributed by atoms with Crippen LogP contribution in [0.25, 0.3) is 16.2 Å². The molecule has 0 bridgehead atoms. The first-order valence-corrected chi connectivity index (χ1v) is 6.18. The summed E-state index contributed by atoms with van der Waals surface area (Å²) in [6, 6.07) is 6.43. The van der Waals surface area contributed by atoms with E-state index in [2.05, 4.69) is 23.2 Å². The molecule has 1 aromatic carbocycles. The fourth-order valence-corrected chi connectivity index (χ4v) is 2.77. The van der Waals surface area contributed by atoms with Crippen molar-refractivity contribution >= 4 is 16.3 Å². The number of fused-ring (bicyclic) bond motifs is 1. The number of imidazole rings is 1. The van der Waals surface area contributed by atoms with E-state index < -0.39 is 0 Å². The van der Waals surface area contributed by atoms with Crippen molar-refractivity contribution in [2.45, 2.75) is 13.8 Å². The summed E-state index contributed by atoms with van der Waals surface area (Å²) in [5.41, 5.74) is 3.05. The third-order valence-electron chi connectivity index (χ3n) is 2.93. The molecule has 0 saturated heterocycles. The van der Waals surface area contributed by atoms with Crippen molar-refractivity contribution in [2.75, 3.05) is 0 Å². The first-order valence-electron chi connectivity index (χ1n) is 5.36. The Bertz CT molecular complexity index is 679. The van der Waals surface area contributed by atoms with Gasteiger partial charge in [-0.25, -0.2) is 9.37 Å². The van der Waals surface area contributed by atoms with Gasteiger partial charge in [0.05, 0.1) is 5.69 Å². The highest BCUT2D eigenvalue weighted by Crippen LogP contribution is 2.26. The van der Waals surface area contributed by atoms with Crippen molar-refractivity contribution in [3.8, 4) is 11.3 Å². The third kappa shape index (κ3) is 1.65. The fourth-order valence-electron chi connectivity index (χ4n) is 1.82. The molecule has 17 heavy (non-hydrogen) atoms. The van der Waals surface area contributed by atoms with Crippen LogP contribution in [0.3, 0.4) is 0 Å². The van der Waals surface area contributed by atoms with E-state index in [1.165, 1.54) is 22.7 Å². The van der Waals surface area contributed by atoms with Crippen LogP contribution in [0.15, 0.2) is 30.5 Å². The van der Waals surface area contributed by atoms with Crippen LogP contribution in [-0.2, 0) is 0 Å². The Hall–Kier alpha value is -1.68. The molecular weight excluding hydrogens is 235 g/mol. The average Bonchev–Trinajstić information content (AvgIpc) is 2.82. The molecule has 0 fully saturated rings. The molecule has 2 heterocycles. The summed E-state index contributed by atoms with van der Waals surface area (Å²) in [4.78, 5) is 6.81. The van der Waals surface area contributed by atoms with Gasteiger partial charge >= 0.3 is 0 Å². The molecule has 0 spiro atoms. The molecule has 0 atom stereocenters. The van der Waals surface area contributed by atoms with Gasteiger partial charge in [-0.15, -0.1) is 11.3 Å². The van der Waals surface area contributed by atoms with Gasteiger partial charge in [-0.3, -0.25) is 4.40 Å². The van der Waals surface area contributed by atoms with Gasteiger partial charge in [0.25, 0.3) is 0 Å². The standard InChI is InChI=1S/C13H11FN2S/c1-8-9(2)17-13-15-12(7-16(8)13)10-3-5-11(14)6-4-10/h3-7H,1-2H3. The lowest BCUT2D eigenvalue weighted by molar-refractivity contribution is 0.628. The van der Waals surface area contributed by atoms with Crippen molar-refractivity contribution in [3.63, 3.8) is 0 Å². The first-order chi connectivity index (χ1) is 8.15. The summed E-state index contributed by atoms with van der Waals surface area (Å²) < 4.78 is 14.9. The summed E-state index contributed by atoms with van der Waals surface area (Å²) in [7, 11) is 0. The second-order valence-electron chi connectivity index (χ2n) is 4.03. The molecule has 0 aliphatic heterocycles. The summed E-state index contributed by atoms with van der Waals surface area (Å²) in [5, 5.41) is 0. The van der Waals surface area contributed by atoms with E-state index in [-0.39, 0.29) is 5.82 Å². The zero-order valence-corrected chi connectivity index (χ0v) is 10.4. The predicted molar refractivity (Wildman–Crippen MR) is 67.9 cm³/mol. The van der Waals surface area contributed by atoms with Gasteiger partial charge in [0.2, 0.25) is 0 Å². The van der Waals surface area contributed by atoms with Crippen molar-refractivity contribution in [1.82, 2.24) is 9.38 Å². The molecule has 3 aromatic rings. The molecule has 2 nitrogen and oxygen atoms in total. The highest BCUT2D eigenvalue weighted by molar-refractivity contribution is 7.17. The molecular formula is C13H11FN2S. The number of aryl methyl sites for hydroxylation is 2. The van der Waals surface area contributed by atoms with Crippen LogP contribution < -0.4 is 0 Å². The minimum atomic E-state index is -0.221. The number of hydrogen-bond donors (Lipinski definition) is 0. The van der Waals surface area contributed by atoms with Crippen LogP contribution in [0.2, 0.25) is 0 Å². The Balaban J connectivity index is 2.15. The lowest BCUT2D eigenvalue weighted by Gasteiger charge is -1.95. The molecule has 0 aliphatic carbocycles. The molecule has 3 rings (SSSR count). The number of halogens is 1. The Labute approximate surface area is 102 Å². The maximum atomic E-state index is 12.8. The highest BCUT2D eigenvalue weighted by Gasteiger charge is 2.09. The number of benzene rings is 1. The van der Waals surface area contributed by atoms with E-state index in [0.717, 1.165) is 16.2 Å². The number of aromatic nitrogens is 2. The van der Waals surface area contributed by atoms with Gasteiger partial charge < -0.3 is 0 Å². The maximum Gasteiger partial charge on any atom is 0.194 e. The van der Waals surface area contributed by atoms with E-state index in [1.54, 1.807) is 23.5 Å². The Morgan fingerprint density at radius 3 is 2.53 bits per heavy atom. The van der Waals surface area contributed by atoms with E-state index in [1.807, 2.05) is 6.20 Å². The number of thiazole rings is 1. The van der Waals surface area contributed by atoms with Gasteiger partial charge in [-0.2, -0.15) is 0 Å². The molecule has 86 valence electrons. The van der Waals surface area contributed by atoms with E-state index in [0.29, 0.717) is 0 Å². The molecule has 0 N–H and O–H groups in total. The fraction of sp³-hybridized carbons (Fsp3) is 0.154. The van der Waals surface area contributed by atoms with Crippen LogP contribution in [0, 0.1) is 19.7 Å². The topological polar surface area (TPSA) is 17.3 Å². The van der Waals surface area contributed by atoms with E-state index in [9.17, 15) is 4.39 Å². The van der Waals surface area contributed by atoms with Crippen molar-refractivity contribution < 1.29 is 4.39 Å². The molecule has 0 aliphatic rings. The van der Waals surface area contributed by atoms with Crippen LogP contribution in [0.1, 0.15) is 10.6 Å². The zero-order valence-electron chi connectivity index (χ0n) is 9.57. The third-order valence-corrected chi connectivity index (χ3v) is 4.00. The van der Waals surface area contributed by atoms with Gasteiger partial charge in [0.1, 0.15) is 5.82 Å². The minimum Gasteiger partial charge on any atom is -0.294 e. The molecule has 2 aromatic heterocycles. The molecule has 0 amide bonds. The highest BCUT2D eigenvalue weighted by atomic mass is 32.1. The molecule has 4 heteroatoms. The Morgan fingerprint density at radius 1 is 1.18 bits per heavy atom. The lowest BCUT2D eigenvalue weighted by Crippen LogP contribution is -1.82. The second kappa shape index (κ2) is 3.67. The van der Waals surface area contributed by atoms with Gasteiger partial charge in [-0.1, -0.05) is 0 Å². The lowest BCUT2D eigenvalue weighted by atomic mass is 10.2. The van der Waals surface area contributed by atoms with Crippen LogP contribution in [-0.4, -0.2) is 9.38 Å². The number of nitrogens with zero attached hydrogens (tertiary/aromatic N) is 2. The quantitative estimate of drug-likeness (QED) is 0.638. The largest absolute Gasteiger partial charge is 0.294 e. The summed E-state index contributed by atoms with van der Waals surface area (Å²) in [6.45, 7) is 4.17. The SMILES string of the molecule is Cc1sc2nc(-c3ccc(F)cc3)cn2c1C. The summed E-state index contributed by atoms with van der Waals surface area (Å²) in [5.74, 6) is -0.221. The predicted octanol–water partition coefficient (Wildman–Crippen LogP) is 3.82. The van der Waals surface area contributed by atoms with Crippen molar-refractivity contribution in [3.05, 3.63) is 46.9 Å². The smallest absolute Gasteiger partial charge is 0.194 e. The number of rotatable bonds is 1. The van der Waals surface area contributed by atoms with E-state index in [4.69, 9.17) is 0 Å². The average molecular weight is 246 g/mol. The van der Waals surface area contributed by atoms with Gasteiger partial charge in [-0.05, 0) is 38.1 Å². The van der Waals surface area contributed by atoms with Crippen LogP contribution in [0.4, 0.5) is 4.39 Å². The minimum absolute atomic E-state index is 0.221. The van der Waals surface area contributed by atoms with Crippen molar-refractivity contribution in [2.24, 2.45) is 0 Å². The Morgan fingerprint density at radius 2 is 1.88 bits per heavy atom. The maximum absolute atomic E-state index is 12.8. The van der Waals surface area contributed by atoms with Gasteiger partial charge in [0.15, 0.2) is 4.96 Å². The summed E-state index contributed by atoms with van der Waals surface area (Å²) >= 11 is 1.68.